The Kier molecular flexibility index (Phi) is 8.05. The SMILES string of the molecule is Cc1ccc([N+](=O)[O-])cc1N(CC(=O)Nc1ccccc1C(=O)N[C@H](C)c1ccccc1)S(C)(=O)=O. The maximum absolute atomic E-state index is 12.9. The van der Waals surface area contributed by atoms with Gasteiger partial charge in [0.1, 0.15) is 6.54 Å². The third kappa shape index (κ3) is 6.45. The number of carbonyl (C=O) groups is 2. The molecule has 11 heteroatoms. The number of hydrogen-bond acceptors (Lipinski definition) is 6. The zero-order valence-corrected chi connectivity index (χ0v) is 20.8. The van der Waals surface area contributed by atoms with E-state index in [-0.39, 0.29) is 28.7 Å². The van der Waals surface area contributed by atoms with Gasteiger partial charge in [0, 0.05) is 12.1 Å². The molecule has 0 heterocycles. The summed E-state index contributed by atoms with van der Waals surface area (Å²) in [5.41, 5.74) is 1.45. The smallest absolute Gasteiger partial charge is 0.271 e. The van der Waals surface area contributed by atoms with E-state index in [1.165, 1.54) is 18.2 Å². The number of nitro benzene ring substituents is 1. The minimum absolute atomic E-state index is 0.0181. The molecule has 0 saturated carbocycles. The number of nitrogens with zero attached hydrogens (tertiary/aromatic N) is 2. The van der Waals surface area contributed by atoms with Gasteiger partial charge in [0.05, 0.1) is 34.2 Å². The Morgan fingerprint density at radius 3 is 2.31 bits per heavy atom. The quantitative estimate of drug-likeness (QED) is 0.332. The predicted molar refractivity (Wildman–Crippen MR) is 137 cm³/mol. The average Bonchev–Trinajstić information content (AvgIpc) is 2.83. The number of para-hydroxylation sites is 1. The van der Waals surface area contributed by atoms with Crippen LogP contribution in [0.5, 0.6) is 0 Å². The molecule has 0 aliphatic rings. The fourth-order valence-electron chi connectivity index (χ4n) is 3.57. The Hall–Kier alpha value is -4.25. The Bertz CT molecular complexity index is 1390. The van der Waals surface area contributed by atoms with E-state index >= 15 is 0 Å². The largest absolute Gasteiger partial charge is 0.345 e. The molecule has 2 amide bonds. The number of sulfonamides is 1. The summed E-state index contributed by atoms with van der Waals surface area (Å²) >= 11 is 0. The fraction of sp³-hybridized carbons (Fsp3) is 0.200. The van der Waals surface area contributed by atoms with Crippen molar-refractivity contribution in [1.82, 2.24) is 5.32 Å². The predicted octanol–water partition coefficient (Wildman–Crippen LogP) is 3.80. The molecule has 0 aliphatic carbocycles. The highest BCUT2D eigenvalue weighted by molar-refractivity contribution is 7.92. The van der Waals surface area contributed by atoms with E-state index in [4.69, 9.17) is 0 Å². The maximum atomic E-state index is 12.9. The summed E-state index contributed by atoms with van der Waals surface area (Å²) in [5, 5.41) is 16.7. The third-order valence-corrected chi connectivity index (χ3v) is 6.58. The van der Waals surface area contributed by atoms with Gasteiger partial charge in [-0.05, 0) is 37.1 Å². The van der Waals surface area contributed by atoms with Gasteiger partial charge in [0.15, 0.2) is 0 Å². The number of non-ortho nitro benzene ring substituents is 1. The molecule has 0 radical (unpaired) electrons. The van der Waals surface area contributed by atoms with Crippen molar-refractivity contribution in [1.29, 1.82) is 0 Å². The zero-order valence-electron chi connectivity index (χ0n) is 20.0. The average molecular weight is 511 g/mol. The Morgan fingerprint density at radius 1 is 1.03 bits per heavy atom. The van der Waals surface area contributed by atoms with Crippen molar-refractivity contribution >= 4 is 38.9 Å². The Balaban J connectivity index is 1.82. The van der Waals surface area contributed by atoms with Crippen molar-refractivity contribution in [2.45, 2.75) is 19.9 Å². The zero-order chi connectivity index (χ0) is 26.5. The van der Waals surface area contributed by atoms with E-state index in [2.05, 4.69) is 10.6 Å². The van der Waals surface area contributed by atoms with E-state index < -0.39 is 33.3 Å². The van der Waals surface area contributed by atoms with Crippen molar-refractivity contribution < 1.29 is 22.9 Å². The lowest BCUT2D eigenvalue weighted by molar-refractivity contribution is -0.384. The minimum atomic E-state index is -3.97. The molecule has 3 aromatic rings. The lowest BCUT2D eigenvalue weighted by atomic mass is 10.1. The summed E-state index contributed by atoms with van der Waals surface area (Å²) in [6, 6.07) is 19.2. The molecule has 3 aromatic carbocycles. The molecule has 0 fully saturated rings. The van der Waals surface area contributed by atoms with Crippen LogP contribution >= 0.6 is 0 Å². The minimum Gasteiger partial charge on any atom is -0.345 e. The number of benzene rings is 3. The highest BCUT2D eigenvalue weighted by atomic mass is 32.2. The van der Waals surface area contributed by atoms with Gasteiger partial charge in [-0.25, -0.2) is 8.42 Å². The molecule has 0 aliphatic heterocycles. The van der Waals surface area contributed by atoms with Crippen LogP contribution in [0.2, 0.25) is 0 Å². The molecule has 0 saturated heterocycles. The summed E-state index contributed by atoms with van der Waals surface area (Å²) in [5.74, 6) is -1.14. The number of aryl methyl sites for hydroxylation is 1. The molecule has 1 atom stereocenters. The molecule has 10 nitrogen and oxygen atoms in total. The van der Waals surface area contributed by atoms with E-state index in [0.717, 1.165) is 22.2 Å². The number of rotatable bonds is 9. The molecule has 0 spiro atoms. The highest BCUT2D eigenvalue weighted by Crippen LogP contribution is 2.27. The van der Waals surface area contributed by atoms with Crippen molar-refractivity contribution in [2.75, 3.05) is 22.4 Å². The summed E-state index contributed by atoms with van der Waals surface area (Å²) in [6.07, 6.45) is 0.908. The molecule has 188 valence electrons. The Labute approximate surface area is 209 Å². The second kappa shape index (κ2) is 11.0. The van der Waals surface area contributed by atoms with Gasteiger partial charge in [-0.3, -0.25) is 24.0 Å². The first-order chi connectivity index (χ1) is 17.0. The van der Waals surface area contributed by atoms with Crippen LogP contribution in [0.3, 0.4) is 0 Å². The van der Waals surface area contributed by atoms with Gasteiger partial charge in [0.25, 0.3) is 11.6 Å². The second-order valence-electron chi connectivity index (χ2n) is 8.20. The molecular weight excluding hydrogens is 484 g/mol. The van der Waals surface area contributed by atoms with Crippen molar-refractivity contribution in [3.63, 3.8) is 0 Å². The molecule has 0 aromatic heterocycles. The number of anilines is 2. The van der Waals surface area contributed by atoms with Crippen LogP contribution in [0, 0.1) is 17.0 Å². The number of amides is 2. The number of carbonyl (C=O) groups excluding carboxylic acids is 2. The number of nitro groups is 1. The van der Waals surface area contributed by atoms with Crippen LogP contribution in [0.4, 0.5) is 17.1 Å². The third-order valence-electron chi connectivity index (χ3n) is 5.45. The summed E-state index contributed by atoms with van der Waals surface area (Å²) < 4.78 is 25.8. The number of hydrogen-bond donors (Lipinski definition) is 2. The highest BCUT2D eigenvalue weighted by Gasteiger charge is 2.25. The molecule has 0 unspecified atom stereocenters. The van der Waals surface area contributed by atoms with Gasteiger partial charge in [-0.1, -0.05) is 48.5 Å². The molecule has 3 rings (SSSR count). The van der Waals surface area contributed by atoms with Gasteiger partial charge in [-0.2, -0.15) is 0 Å². The van der Waals surface area contributed by atoms with Gasteiger partial charge < -0.3 is 10.6 Å². The topological polar surface area (TPSA) is 139 Å². The number of nitrogens with one attached hydrogen (secondary N) is 2. The van der Waals surface area contributed by atoms with Crippen LogP contribution in [0.25, 0.3) is 0 Å². The van der Waals surface area contributed by atoms with Crippen molar-refractivity contribution in [3.8, 4) is 0 Å². The normalized spacial score (nSPS) is 11.9. The van der Waals surface area contributed by atoms with E-state index in [1.807, 2.05) is 37.3 Å². The van der Waals surface area contributed by atoms with Gasteiger partial charge in [0.2, 0.25) is 15.9 Å². The molecule has 36 heavy (non-hydrogen) atoms. The molecule has 2 N–H and O–H groups in total. The lowest BCUT2D eigenvalue weighted by Crippen LogP contribution is -2.38. The van der Waals surface area contributed by atoms with Crippen LogP contribution in [0.1, 0.15) is 34.5 Å². The van der Waals surface area contributed by atoms with Crippen LogP contribution in [-0.2, 0) is 14.8 Å². The van der Waals surface area contributed by atoms with E-state index in [9.17, 15) is 28.1 Å². The van der Waals surface area contributed by atoms with Crippen molar-refractivity contribution in [3.05, 3.63) is 99.6 Å². The van der Waals surface area contributed by atoms with E-state index in [1.54, 1.807) is 25.1 Å². The second-order valence-corrected chi connectivity index (χ2v) is 10.1. The first-order valence-electron chi connectivity index (χ1n) is 10.9. The van der Waals surface area contributed by atoms with E-state index in [0.29, 0.717) is 5.56 Å². The first kappa shape index (κ1) is 26.4. The summed E-state index contributed by atoms with van der Waals surface area (Å²) in [4.78, 5) is 36.4. The molecule has 0 bridgehead atoms. The van der Waals surface area contributed by atoms with Crippen LogP contribution in [-0.4, -0.2) is 38.0 Å². The first-order valence-corrected chi connectivity index (χ1v) is 12.8. The lowest BCUT2D eigenvalue weighted by Gasteiger charge is -2.23. The van der Waals surface area contributed by atoms with Crippen LogP contribution in [0.15, 0.2) is 72.8 Å². The summed E-state index contributed by atoms with van der Waals surface area (Å²) in [7, 11) is -3.97. The standard InChI is InChI=1S/C25H26N4O6S/c1-17-13-14-20(29(32)33)15-23(17)28(36(3,34)35)16-24(30)27-22-12-8-7-11-21(22)25(31)26-18(2)19-9-5-4-6-10-19/h4-15,18H,16H2,1-3H3,(H,26,31)(H,27,30)/t18-/m1/s1. The van der Waals surface area contributed by atoms with Gasteiger partial charge >= 0.3 is 0 Å². The summed E-state index contributed by atoms with van der Waals surface area (Å²) in [6.45, 7) is 2.78. The molecular formula is C25H26N4O6S. The van der Waals surface area contributed by atoms with Crippen molar-refractivity contribution in [2.24, 2.45) is 0 Å². The Morgan fingerprint density at radius 2 is 1.67 bits per heavy atom. The van der Waals surface area contributed by atoms with Gasteiger partial charge in [-0.15, -0.1) is 0 Å². The monoisotopic (exact) mass is 510 g/mol. The van der Waals surface area contributed by atoms with Crippen LogP contribution < -0.4 is 14.9 Å². The fourth-order valence-corrected chi connectivity index (χ4v) is 4.48. The maximum Gasteiger partial charge on any atom is 0.271 e.